The molecule has 6 rings (SSSR count). The fraction of sp³-hybridized carbons (Fsp3) is 0.241. The maximum Gasteiger partial charge on any atom is 0.119 e. The zero-order chi connectivity index (χ0) is 21.9. The van der Waals surface area contributed by atoms with Gasteiger partial charge in [-0.3, -0.25) is 0 Å². The number of nitrogens with one attached hydrogen (secondary N) is 1. The van der Waals surface area contributed by atoms with Crippen LogP contribution >= 0.6 is 0 Å². The second-order valence-electron chi connectivity index (χ2n) is 8.83. The summed E-state index contributed by atoms with van der Waals surface area (Å²) < 4.78 is 13.0. The number of hydrogen-bond donors (Lipinski definition) is 1. The Balaban J connectivity index is 0.000000146. The minimum absolute atomic E-state index is 0.341. The molecule has 0 spiro atoms. The van der Waals surface area contributed by atoms with Crippen molar-refractivity contribution < 1.29 is 4.39 Å². The summed E-state index contributed by atoms with van der Waals surface area (Å²) in [7, 11) is 0. The topological polar surface area (TPSA) is 19.0 Å². The average Bonchev–Trinajstić information content (AvgIpc) is 3.43. The van der Waals surface area contributed by atoms with Crippen molar-refractivity contribution in [3.8, 4) is 0 Å². The van der Waals surface area contributed by atoms with E-state index >= 15 is 0 Å². The molecule has 32 heavy (non-hydrogen) atoms. The highest BCUT2D eigenvalue weighted by Crippen LogP contribution is 2.39. The van der Waals surface area contributed by atoms with Crippen LogP contribution in [0.25, 0.3) is 5.57 Å². The first-order valence-corrected chi connectivity index (χ1v) is 11.4. The number of aryl methyl sites for hydroxylation is 1. The van der Waals surface area contributed by atoms with Crippen LogP contribution in [-0.2, 0) is 6.54 Å². The molecule has 0 saturated carbocycles. The van der Waals surface area contributed by atoms with E-state index in [0.717, 1.165) is 18.7 Å². The maximum atomic E-state index is 13.0. The van der Waals surface area contributed by atoms with Crippen molar-refractivity contribution in [1.29, 1.82) is 0 Å². The smallest absolute Gasteiger partial charge is 0.119 e. The van der Waals surface area contributed by atoms with Crippen molar-refractivity contribution in [3.05, 3.63) is 125 Å². The average molecular weight is 425 g/mol. The molecule has 162 valence electrons. The molecule has 3 aromatic rings. The Hall–Kier alpha value is -3.33. The molecular formula is C29H29FN2. The monoisotopic (exact) mass is 424 g/mol. The van der Waals surface area contributed by atoms with Crippen LogP contribution in [0.5, 0.6) is 0 Å². The summed E-state index contributed by atoms with van der Waals surface area (Å²) in [6, 6.07) is 23.9. The third-order valence-corrected chi connectivity index (χ3v) is 6.54. The first-order chi connectivity index (χ1) is 15.7. The van der Waals surface area contributed by atoms with E-state index < -0.39 is 6.17 Å². The van der Waals surface area contributed by atoms with Crippen molar-refractivity contribution >= 4 is 5.57 Å². The Morgan fingerprint density at radius 3 is 2.56 bits per heavy atom. The Morgan fingerprint density at radius 1 is 0.969 bits per heavy atom. The molecule has 1 aliphatic carbocycles. The normalized spacial score (nSPS) is 23.1. The lowest BCUT2D eigenvalue weighted by molar-refractivity contribution is 0.339. The highest BCUT2D eigenvalue weighted by atomic mass is 19.1. The van der Waals surface area contributed by atoms with Crippen LogP contribution in [0.1, 0.15) is 52.9 Å². The predicted molar refractivity (Wildman–Crippen MR) is 130 cm³/mol. The zero-order valence-corrected chi connectivity index (χ0v) is 18.4. The molecule has 3 heterocycles. The SMILES string of the molecule is C1=CN2Cc3ccccc3C2C=C1c1ccccc1.Cc1ccc(C2CC=C[C@@H](F)C2)[nH]1. The summed E-state index contributed by atoms with van der Waals surface area (Å²) >= 11 is 0. The first kappa shape index (κ1) is 20.6. The molecule has 2 aliphatic heterocycles. The van der Waals surface area contributed by atoms with E-state index in [0.29, 0.717) is 18.4 Å². The third-order valence-electron chi connectivity index (χ3n) is 6.54. The van der Waals surface area contributed by atoms with Crippen molar-refractivity contribution in [2.75, 3.05) is 0 Å². The Morgan fingerprint density at radius 2 is 1.78 bits per heavy atom. The zero-order valence-electron chi connectivity index (χ0n) is 18.4. The molecule has 0 radical (unpaired) electrons. The van der Waals surface area contributed by atoms with E-state index in [9.17, 15) is 4.39 Å². The number of allylic oxidation sites excluding steroid dienone is 4. The van der Waals surface area contributed by atoms with Crippen LogP contribution in [0, 0.1) is 6.92 Å². The molecule has 3 heteroatoms. The molecule has 0 bridgehead atoms. The fourth-order valence-electron chi connectivity index (χ4n) is 4.85. The van der Waals surface area contributed by atoms with Gasteiger partial charge in [0.2, 0.25) is 0 Å². The van der Waals surface area contributed by atoms with Gasteiger partial charge in [-0.05, 0) is 66.3 Å². The Kier molecular flexibility index (Phi) is 5.81. The molecule has 3 atom stereocenters. The van der Waals surface area contributed by atoms with E-state index in [1.165, 1.54) is 28.0 Å². The number of aromatic nitrogens is 1. The van der Waals surface area contributed by atoms with Gasteiger partial charge in [0.05, 0.1) is 6.04 Å². The van der Waals surface area contributed by atoms with Crippen LogP contribution < -0.4 is 0 Å². The summed E-state index contributed by atoms with van der Waals surface area (Å²) in [5.41, 5.74) is 7.83. The minimum atomic E-state index is -0.762. The number of benzene rings is 2. The van der Waals surface area contributed by atoms with Gasteiger partial charge < -0.3 is 9.88 Å². The van der Waals surface area contributed by atoms with Gasteiger partial charge in [-0.25, -0.2) is 4.39 Å². The second-order valence-corrected chi connectivity index (χ2v) is 8.83. The minimum Gasteiger partial charge on any atom is -0.363 e. The molecule has 1 N–H and O–H groups in total. The van der Waals surface area contributed by atoms with E-state index in [1.54, 1.807) is 6.08 Å². The number of aromatic amines is 1. The number of H-pyrrole nitrogens is 1. The molecule has 1 aromatic heterocycles. The van der Waals surface area contributed by atoms with Gasteiger partial charge in [0, 0.05) is 30.1 Å². The van der Waals surface area contributed by atoms with Gasteiger partial charge in [0.25, 0.3) is 0 Å². The highest BCUT2D eigenvalue weighted by molar-refractivity contribution is 5.76. The lowest BCUT2D eigenvalue weighted by atomic mass is 9.91. The van der Waals surface area contributed by atoms with Crippen molar-refractivity contribution in [3.63, 3.8) is 0 Å². The van der Waals surface area contributed by atoms with Gasteiger partial charge >= 0.3 is 0 Å². The molecule has 0 saturated heterocycles. The molecular weight excluding hydrogens is 395 g/mol. The number of hydrogen-bond acceptors (Lipinski definition) is 1. The van der Waals surface area contributed by atoms with Crippen LogP contribution in [0.3, 0.4) is 0 Å². The molecule has 0 amide bonds. The Labute approximate surface area is 189 Å². The molecule has 2 unspecified atom stereocenters. The number of alkyl halides is 1. The summed E-state index contributed by atoms with van der Waals surface area (Å²) in [6.07, 6.45) is 11.2. The second kappa shape index (κ2) is 9.04. The molecule has 2 nitrogen and oxygen atoms in total. The number of fused-ring (bicyclic) bond motifs is 3. The van der Waals surface area contributed by atoms with Gasteiger partial charge in [-0.1, -0.05) is 66.7 Å². The number of rotatable bonds is 2. The number of halogens is 1. The third kappa shape index (κ3) is 4.34. The highest BCUT2D eigenvalue weighted by Gasteiger charge is 2.28. The van der Waals surface area contributed by atoms with Crippen LogP contribution in [0.2, 0.25) is 0 Å². The Bertz CT molecular complexity index is 1150. The van der Waals surface area contributed by atoms with E-state index in [-0.39, 0.29) is 0 Å². The summed E-state index contributed by atoms with van der Waals surface area (Å²) in [6.45, 7) is 3.05. The first-order valence-electron chi connectivity index (χ1n) is 11.4. The largest absolute Gasteiger partial charge is 0.363 e. The van der Waals surface area contributed by atoms with Gasteiger partial charge in [0.1, 0.15) is 6.17 Å². The van der Waals surface area contributed by atoms with Crippen LogP contribution in [0.15, 0.2) is 97.2 Å². The lowest BCUT2D eigenvalue weighted by Crippen LogP contribution is -2.16. The van der Waals surface area contributed by atoms with Gasteiger partial charge in [0.15, 0.2) is 0 Å². The van der Waals surface area contributed by atoms with E-state index in [2.05, 4.69) is 88.9 Å². The van der Waals surface area contributed by atoms with Crippen molar-refractivity contribution in [2.24, 2.45) is 0 Å². The van der Waals surface area contributed by atoms with Crippen LogP contribution in [-0.4, -0.2) is 16.1 Å². The summed E-state index contributed by atoms with van der Waals surface area (Å²) in [4.78, 5) is 5.67. The summed E-state index contributed by atoms with van der Waals surface area (Å²) in [5.74, 6) is 0.341. The van der Waals surface area contributed by atoms with Gasteiger partial charge in [-0.15, -0.1) is 0 Å². The molecule has 2 aromatic carbocycles. The van der Waals surface area contributed by atoms with Crippen molar-refractivity contribution in [1.82, 2.24) is 9.88 Å². The van der Waals surface area contributed by atoms with E-state index in [4.69, 9.17) is 0 Å². The molecule has 0 fully saturated rings. The van der Waals surface area contributed by atoms with E-state index in [1.807, 2.05) is 19.1 Å². The van der Waals surface area contributed by atoms with Crippen molar-refractivity contribution in [2.45, 2.75) is 44.4 Å². The fourth-order valence-corrected chi connectivity index (χ4v) is 4.85. The molecule has 3 aliphatic rings. The lowest BCUT2D eigenvalue weighted by Gasteiger charge is -2.25. The predicted octanol–water partition coefficient (Wildman–Crippen LogP) is 7.25. The maximum absolute atomic E-state index is 13.0. The quantitative estimate of drug-likeness (QED) is 0.429. The summed E-state index contributed by atoms with van der Waals surface area (Å²) in [5, 5.41) is 0. The number of nitrogens with zero attached hydrogens (tertiary/aromatic N) is 1. The standard InChI is InChI=1S/C18H15N.C11H14FN/c1-2-6-14(7-3-1)15-10-11-19-13-16-8-4-5-9-17(16)18(19)12-15;1-8-5-6-11(13-8)9-3-2-4-10(12)7-9/h1-12,18H,13H2;2,4-6,9-10,13H,3,7H2,1H3/t;9?,10-/m.1/s1. The van der Waals surface area contributed by atoms with Crippen LogP contribution in [0.4, 0.5) is 4.39 Å². The van der Waals surface area contributed by atoms with Gasteiger partial charge in [-0.2, -0.15) is 0 Å².